The third-order valence-corrected chi connectivity index (χ3v) is 2.73. The summed E-state index contributed by atoms with van der Waals surface area (Å²) in [6, 6.07) is -0.952. The Morgan fingerprint density at radius 3 is 2.78 bits per heavy atom. The summed E-state index contributed by atoms with van der Waals surface area (Å²) >= 11 is 0. The molecular formula is C11H18F3NO3. The molecule has 1 aliphatic rings. The monoisotopic (exact) mass is 269 g/mol. The molecule has 0 bridgehead atoms. The van der Waals surface area contributed by atoms with Gasteiger partial charge in [-0.25, -0.2) is 0 Å². The molecule has 2 atom stereocenters. The van der Waals surface area contributed by atoms with Crippen molar-refractivity contribution >= 4 is 5.97 Å². The molecule has 0 aromatic heterocycles. The summed E-state index contributed by atoms with van der Waals surface area (Å²) in [5, 5.41) is 2.23. The third-order valence-electron chi connectivity index (χ3n) is 2.73. The van der Waals surface area contributed by atoms with E-state index in [1.165, 1.54) is 0 Å². The number of halogens is 3. The van der Waals surface area contributed by atoms with E-state index in [-0.39, 0.29) is 19.1 Å². The molecule has 1 heterocycles. The summed E-state index contributed by atoms with van der Waals surface area (Å²) in [6.45, 7) is 1.44. The molecule has 0 saturated carbocycles. The zero-order chi connectivity index (χ0) is 13.6. The molecule has 18 heavy (non-hydrogen) atoms. The lowest BCUT2D eigenvalue weighted by molar-refractivity contribution is -0.152. The second kappa shape index (κ2) is 6.94. The van der Waals surface area contributed by atoms with E-state index in [0.717, 1.165) is 6.42 Å². The van der Waals surface area contributed by atoms with Crippen molar-refractivity contribution < 1.29 is 27.4 Å². The highest BCUT2D eigenvalue weighted by Gasteiger charge is 2.35. The molecular weight excluding hydrogens is 251 g/mol. The summed E-state index contributed by atoms with van der Waals surface area (Å²) in [4.78, 5) is 11.7. The Kier molecular flexibility index (Phi) is 5.87. The van der Waals surface area contributed by atoms with E-state index >= 15 is 0 Å². The highest BCUT2D eigenvalue weighted by atomic mass is 19.4. The molecule has 0 aromatic carbocycles. The summed E-state index contributed by atoms with van der Waals surface area (Å²) in [5.74, 6) is -0.905. The van der Waals surface area contributed by atoms with Gasteiger partial charge in [0.1, 0.15) is 6.04 Å². The number of alkyl halides is 3. The Morgan fingerprint density at radius 1 is 1.56 bits per heavy atom. The average Bonchev–Trinajstić information content (AvgIpc) is 2.29. The van der Waals surface area contributed by atoms with Gasteiger partial charge < -0.3 is 9.47 Å². The van der Waals surface area contributed by atoms with E-state index in [1.807, 2.05) is 0 Å². The average molecular weight is 269 g/mol. The number of carbonyl (C=O) groups excluding carboxylic acids is 1. The van der Waals surface area contributed by atoms with E-state index in [1.54, 1.807) is 6.92 Å². The van der Waals surface area contributed by atoms with Crippen LogP contribution >= 0.6 is 0 Å². The lowest BCUT2D eigenvalue weighted by atomic mass is 9.93. The van der Waals surface area contributed by atoms with Gasteiger partial charge >= 0.3 is 12.1 Å². The predicted molar refractivity (Wildman–Crippen MR) is 58.0 cm³/mol. The molecule has 1 aliphatic heterocycles. The smallest absolute Gasteiger partial charge is 0.401 e. The molecule has 1 N–H and O–H groups in total. The highest BCUT2D eigenvalue weighted by Crippen LogP contribution is 2.20. The molecule has 106 valence electrons. The van der Waals surface area contributed by atoms with Crippen molar-refractivity contribution in [2.75, 3.05) is 26.4 Å². The summed E-state index contributed by atoms with van der Waals surface area (Å²) < 4.78 is 46.6. The zero-order valence-electron chi connectivity index (χ0n) is 10.3. The molecule has 0 amide bonds. The van der Waals surface area contributed by atoms with Crippen LogP contribution in [0.1, 0.15) is 19.8 Å². The lowest BCUT2D eigenvalue weighted by Crippen LogP contribution is -2.49. The SMILES string of the molecule is CCOC(=O)C(NCC(F)(F)F)C1CCCOC1. The van der Waals surface area contributed by atoms with Gasteiger partial charge in [-0.15, -0.1) is 0 Å². The molecule has 1 saturated heterocycles. The van der Waals surface area contributed by atoms with Crippen molar-refractivity contribution in [1.29, 1.82) is 0 Å². The van der Waals surface area contributed by atoms with Crippen molar-refractivity contribution in [2.45, 2.75) is 32.0 Å². The van der Waals surface area contributed by atoms with E-state index in [2.05, 4.69) is 5.32 Å². The Morgan fingerprint density at radius 2 is 2.28 bits per heavy atom. The minimum atomic E-state index is -4.35. The van der Waals surface area contributed by atoms with Crippen molar-refractivity contribution in [2.24, 2.45) is 5.92 Å². The van der Waals surface area contributed by atoms with Gasteiger partial charge in [-0.2, -0.15) is 13.2 Å². The summed E-state index contributed by atoms with van der Waals surface area (Å²) in [6.07, 6.45) is -2.94. The van der Waals surface area contributed by atoms with Gasteiger partial charge in [0, 0.05) is 12.5 Å². The number of esters is 1. The van der Waals surface area contributed by atoms with Gasteiger partial charge in [0.15, 0.2) is 0 Å². The maximum absolute atomic E-state index is 12.2. The number of hydrogen-bond donors (Lipinski definition) is 1. The van der Waals surface area contributed by atoms with Crippen LogP contribution in [0.2, 0.25) is 0 Å². The first-order chi connectivity index (χ1) is 8.44. The van der Waals surface area contributed by atoms with Crippen LogP contribution in [0.5, 0.6) is 0 Å². The Labute approximate surface area is 104 Å². The van der Waals surface area contributed by atoms with Crippen LogP contribution in [0.25, 0.3) is 0 Å². The maximum Gasteiger partial charge on any atom is 0.401 e. The third kappa shape index (κ3) is 5.22. The summed E-state index contributed by atoms with van der Waals surface area (Å²) in [5.41, 5.74) is 0. The van der Waals surface area contributed by atoms with Crippen LogP contribution in [-0.4, -0.2) is 44.6 Å². The van der Waals surface area contributed by atoms with Crippen LogP contribution < -0.4 is 5.32 Å². The Bertz CT molecular complexity index is 265. The van der Waals surface area contributed by atoms with Crippen LogP contribution in [0, 0.1) is 5.92 Å². The highest BCUT2D eigenvalue weighted by molar-refractivity contribution is 5.76. The Balaban J connectivity index is 2.58. The minimum absolute atomic E-state index is 0.149. The first kappa shape index (κ1) is 15.2. The molecule has 1 rings (SSSR count). The standard InChI is InChI=1S/C11H18F3NO3/c1-2-18-10(16)9(15-7-11(12,13)14)8-4-3-5-17-6-8/h8-9,15H,2-7H2,1H3. The number of hydrogen-bond acceptors (Lipinski definition) is 4. The number of ether oxygens (including phenoxy) is 2. The molecule has 2 unspecified atom stereocenters. The number of rotatable bonds is 5. The number of nitrogens with one attached hydrogen (secondary N) is 1. The topological polar surface area (TPSA) is 47.6 Å². The maximum atomic E-state index is 12.2. The van der Waals surface area contributed by atoms with Crippen molar-refractivity contribution in [3.8, 4) is 0 Å². The number of carbonyl (C=O) groups is 1. The molecule has 0 aliphatic carbocycles. The fraction of sp³-hybridized carbons (Fsp3) is 0.909. The van der Waals surface area contributed by atoms with Crippen LogP contribution in [-0.2, 0) is 14.3 Å². The zero-order valence-corrected chi connectivity index (χ0v) is 10.3. The minimum Gasteiger partial charge on any atom is -0.465 e. The first-order valence-corrected chi connectivity index (χ1v) is 5.98. The van der Waals surface area contributed by atoms with Gasteiger partial charge in [0.05, 0.1) is 19.8 Å². The van der Waals surface area contributed by atoms with Crippen LogP contribution in [0.4, 0.5) is 13.2 Å². The van der Waals surface area contributed by atoms with Gasteiger partial charge in [-0.05, 0) is 19.8 Å². The normalized spacial score (nSPS) is 22.6. The largest absolute Gasteiger partial charge is 0.465 e. The fourth-order valence-corrected chi connectivity index (χ4v) is 1.93. The summed E-state index contributed by atoms with van der Waals surface area (Å²) in [7, 11) is 0. The molecule has 0 spiro atoms. The van der Waals surface area contributed by atoms with Crippen molar-refractivity contribution in [3.63, 3.8) is 0 Å². The molecule has 0 radical (unpaired) electrons. The van der Waals surface area contributed by atoms with Crippen LogP contribution in [0.3, 0.4) is 0 Å². The van der Waals surface area contributed by atoms with Crippen molar-refractivity contribution in [1.82, 2.24) is 5.32 Å². The van der Waals surface area contributed by atoms with Crippen molar-refractivity contribution in [3.05, 3.63) is 0 Å². The van der Waals surface area contributed by atoms with E-state index in [0.29, 0.717) is 13.0 Å². The van der Waals surface area contributed by atoms with Gasteiger partial charge in [0.2, 0.25) is 0 Å². The molecule has 4 nitrogen and oxygen atoms in total. The second-order valence-corrected chi connectivity index (χ2v) is 4.20. The quantitative estimate of drug-likeness (QED) is 0.768. The van der Waals surface area contributed by atoms with Gasteiger partial charge in [0.25, 0.3) is 0 Å². The van der Waals surface area contributed by atoms with Gasteiger partial charge in [-0.3, -0.25) is 10.1 Å². The predicted octanol–water partition coefficient (Wildman–Crippen LogP) is 1.50. The molecule has 0 aromatic rings. The van der Waals surface area contributed by atoms with Gasteiger partial charge in [-0.1, -0.05) is 0 Å². The van der Waals surface area contributed by atoms with E-state index in [9.17, 15) is 18.0 Å². The second-order valence-electron chi connectivity index (χ2n) is 4.20. The van der Waals surface area contributed by atoms with E-state index < -0.39 is 24.7 Å². The Hall–Kier alpha value is -0.820. The molecule has 7 heteroatoms. The lowest BCUT2D eigenvalue weighted by Gasteiger charge is -2.29. The first-order valence-electron chi connectivity index (χ1n) is 5.98. The fourth-order valence-electron chi connectivity index (χ4n) is 1.93. The van der Waals surface area contributed by atoms with E-state index in [4.69, 9.17) is 9.47 Å². The molecule has 1 fully saturated rings. The van der Waals surface area contributed by atoms with Crippen LogP contribution in [0.15, 0.2) is 0 Å².